The molecule has 6 heteroatoms. The molecule has 36 heavy (non-hydrogen) atoms. The quantitative estimate of drug-likeness (QED) is 0.436. The van der Waals surface area contributed by atoms with Crippen LogP contribution in [0.4, 0.5) is 0 Å². The number of likely N-dealkylation sites (tertiary alicyclic amines) is 1. The monoisotopic (exact) mass is 490 g/mol. The Kier molecular flexibility index (Phi) is 3.89. The van der Waals surface area contributed by atoms with Crippen LogP contribution in [-0.4, -0.2) is 56.9 Å². The Labute approximate surface area is 212 Å². The summed E-state index contributed by atoms with van der Waals surface area (Å²) in [4.78, 5) is 2.55. The van der Waals surface area contributed by atoms with Gasteiger partial charge in [-0.3, -0.25) is 4.90 Å². The first kappa shape index (κ1) is 21.2. The summed E-state index contributed by atoms with van der Waals surface area (Å²) in [5, 5.41) is 38.5. The molecule has 1 aromatic carbocycles. The molecule has 0 radical (unpaired) electrons. The van der Waals surface area contributed by atoms with Gasteiger partial charge in [-0.15, -0.1) is 0 Å². The van der Waals surface area contributed by atoms with E-state index in [1.807, 2.05) is 0 Å². The Hall–Kier alpha value is -1.79. The molecule has 2 heterocycles. The molecule has 192 valence electrons. The van der Waals surface area contributed by atoms with E-state index >= 15 is 0 Å². The molecule has 5 atom stereocenters. The second kappa shape index (κ2) is 6.61. The van der Waals surface area contributed by atoms with Gasteiger partial charge in [-0.25, -0.2) is 0 Å². The lowest BCUT2D eigenvalue weighted by Crippen LogP contribution is -2.79. The van der Waals surface area contributed by atoms with Crippen molar-refractivity contribution in [3.8, 4) is 11.5 Å². The standard InChI is InChI=1S/C30H38N2O4/c33-22-4-3-20-10-23-30(34)14-21(31-35)25(28-11-17-7-18(12-28)9-19(8-17)13-28)27-29(30,24(20)26(22)36-27)5-6-32(23)15-16-1-2-16/h3-4,16-19,23,25,27,33-35H,1-2,5-15H2/t17?,18?,19?,23-,25?,27+,28?,29+,30-/m1/s1. The number of hydrogen-bond acceptors (Lipinski definition) is 6. The van der Waals surface area contributed by atoms with E-state index in [0.717, 1.165) is 60.9 Å². The fraction of sp³-hybridized carbons (Fsp3) is 0.767. The van der Waals surface area contributed by atoms with Gasteiger partial charge in [0.25, 0.3) is 0 Å². The Morgan fingerprint density at radius 3 is 2.44 bits per heavy atom. The highest BCUT2D eigenvalue weighted by Gasteiger charge is 2.76. The van der Waals surface area contributed by atoms with Crippen LogP contribution in [0.5, 0.6) is 11.5 Å². The third-order valence-electron chi connectivity index (χ3n) is 12.5. The van der Waals surface area contributed by atoms with Crippen LogP contribution in [-0.2, 0) is 11.8 Å². The predicted molar refractivity (Wildman–Crippen MR) is 133 cm³/mol. The van der Waals surface area contributed by atoms with Crippen molar-refractivity contribution in [2.24, 2.45) is 40.2 Å². The zero-order valence-electron chi connectivity index (χ0n) is 21.0. The van der Waals surface area contributed by atoms with Crippen LogP contribution < -0.4 is 4.74 Å². The molecule has 1 saturated heterocycles. The molecule has 1 unspecified atom stereocenters. The summed E-state index contributed by atoms with van der Waals surface area (Å²) >= 11 is 0. The van der Waals surface area contributed by atoms with Crippen LogP contribution in [0.3, 0.4) is 0 Å². The maximum Gasteiger partial charge on any atom is 0.165 e. The minimum atomic E-state index is -1.04. The molecule has 10 rings (SSSR count). The minimum Gasteiger partial charge on any atom is -0.504 e. The van der Waals surface area contributed by atoms with Gasteiger partial charge in [0.15, 0.2) is 11.5 Å². The van der Waals surface area contributed by atoms with Crippen molar-refractivity contribution in [1.29, 1.82) is 0 Å². The number of piperidine rings is 1. The average molecular weight is 491 g/mol. The number of oxime groups is 1. The molecule has 1 spiro atoms. The molecule has 7 fully saturated rings. The van der Waals surface area contributed by atoms with Crippen molar-refractivity contribution in [2.45, 2.75) is 93.8 Å². The Bertz CT molecular complexity index is 1160. The van der Waals surface area contributed by atoms with E-state index in [9.17, 15) is 15.4 Å². The molecule has 0 aromatic heterocycles. The number of aromatic hydroxyl groups is 1. The van der Waals surface area contributed by atoms with Gasteiger partial charge < -0.3 is 20.2 Å². The van der Waals surface area contributed by atoms with Gasteiger partial charge in [0.2, 0.25) is 0 Å². The van der Waals surface area contributed by atoms with Crippen LogP contribution >= 0.6 is 0 Å². The zero-order valence-corrected chi connectivity index (χ0v) is 21.0. The van der Waals surface area contributed by atoms with Gasteiger partial charge in [-0.2, -0.15) is 0 Å². The molecule has 6 nitrogen and oxygen atoms in total. The lowest BCUT2D eigenvalue weighted by atomic mass is 9.39. The summed E-state index contributed by atoms with van der Waals surface area (Å²) in [6.07, 6.45) is 12.0. The van der Waals surface area contributed by atoms with Gasteiger partial charge in [0, 0.05) is 30.5 Å². The summed E-state index contributed by atoms with van der Waals surface area (Å²) in [5.41, 5.74) is 1.61. The van der Waals surface area contributed by atoms with E-state index in [0.29, 0.717) is 12.2 Å². The number of hydrogen-bond donors (Lipinski definition) is 3. The molecule has 1 aromatic rings. The normalized spacial score (nSPS) is 50.9. The van der Waals surface area contributed by atoms with Crippen LogP contribution in [0.15, 0.2) is 17.3 Å². The second-order valence-electron chi connectivity index (χ2n) is 14.3. The van der Waals surface area contributed by atoms with Gasteiger partial charge in [-0.05, 0) is 111 Å². The Morgan fingerprint density at radius 2 is 1.78 bits per heavy atom. The Balaban J connectivity index is 1.24. The van der Waals surface area contributed by atoms with E-state index in [-0.39, 0.29) is 29.2 Å². The van der Waals surface area contributed by atoms with Crippen molar-refractivity contribution in [2.75, 3.05) is 13.1 Å². The van der Waals surface area contributed by atoms with E-state index in [1.165, 1.54) is 56.9 Å². The molecule has 9 aliphatic rings. The van der Waals surface area contributed by atoms with Crippen molar-refractivity contribution < 1.29 is 20.2 Å². The third kappa shape index (κ3) is 2.36. The maximum atomic E-state index is 12.9. The summed E-state index contributed by atoms with van der Waals surface area (Å²) < 4.78 is 6.92. The number of phenols is 1. The fourth-order valence-corrected chi connectivity index (χ4v) is 11.7. The van der Waals surface area contributed by atoms with Crippen molar-refractivity contribution in [1.82, 2.24) is 4.90 Å². The molecule has 3 N–H and O–H groups in total. The number of rotatable bonds is 3. The van der Waals surface area contributed by atoms with Crippen LogP contribution in [0.25, 0.3) is 0 Å². The first-order chi connectivity index (χ1) is 17.4. The second-order valence-corrected chi connectivity index (χ2v) is 14.3. The number of benzene rings is 1. The number of aliphatic hydroxyl groups is 1. The molecule has 0 amide bonds. The van der Waals surface area contributed by atoms with Crippen LogP contribution in [0.2, 0.25) is 0 Å². The molecule has 7 aliphatic carbocycles. The minimum absolute atomic E-state index is 0.00422. The first-order valence-corrected chi connectivity index (χ1v) is 14.6. The van der Waals surface area contributed by atoms with Gasteiger partial charge in [0.1, 0.15) is 6.10 Å². The average Bonchev–Trinajstić information content (AvgIpc) is 3.58. The third-order valence-corrected chi connectivity index (χ3v) is 12.5. The SMILES string of the molecule is ON=C1C[C@@]2(O)[C@H]3Cc4ccc(O)c5c4[C@@]2(CCN3CC2CC2)[C@@H](O5)C1C12CC3CC(CC(C3)C1)C2. The smallest absolute Gasteiger partial charge is 0.165 e. The van der Waals surface area contributed by atoms with E-state index in [4.69, 9.17) is 4.74 Å². The Morgan fingerprint density at radius 1 is 1.06 bits per heavy atom. The molecular formula is C30H38N2O4. The van der Waals surface area contributed by atoms with E-state index in [1.54, 1.807) is 6.07 Å². The van der Waals surface area contributed by atoms with Crippen molar-refractivity contribution >= 4 is 5.71 Å². The maximum absolute atomic E-state index is 12.9. The highest BCUT2D eigenvalue weighted by Crippen LogP contribution is 2.71. The lowest BCUT2D eigenvalue weighted by Gasteiger charge is -2.68. The largest absolute Gasteiger partial charge is 0.504 e. The van der Waals surface area contributed by atoms with E-state index in [2.05, 4.69) is 16.1 Å². The summed E-state index contributed by atoms with van der Waals surface area (Å²) in [7, 11) is 0. The first-order valence-electron chi connectivity index (χ1n) is 14.6. The van der Waals surface area contributed by atoms with Gasteiger partial charge in [0.05, 0.1) is 16.7 Å². The molecule has 6 saturated carbocycles. The highest BCUT2D eigenvalue weighted by molar-refractivity contribution is 5.92. The topological polar surface area (TPSA) is 85.5 Å². The van der Waals surface area contributed by atoms with Crippen molar-refractivity contribution in [3.05, 3.63) is 23.3 Å². The molecular weight excluding hydrogens is 452 g/mol. The molecule has 2 aliphatic heterocycles. The lowest BCUT2D eigenvalue weighted by molar-refractivity contribution is -0.194. The number of ether oxygens (including phenoxy) is 1. The summed E-state index contributed by atoms with van der Waals surface area (Å²) in [6.45, 7) is 2.02. The summed E-state index contributed by atoms with van der Waals surface area (Å²) in [5.74, 6) is 3.91. The predicted octanol–water partition coefficient (Wildman–Crippen LogP) is 4.23. The zero-order chi connectivity index (χ0) is 24.0. The van der Waals surface area contributed by atoms with E-state index < -0.39 is 11.0 Å². The van der Waals surface area contributed by atoms with Crippen molar-refractivity contribution in [3.63, 3.8) is 0 Å². The number of nitrogens with zero attached hydrogens (tertiary/aromatic N) is 2. The van der Waals surface area contributed by atoms with Gasteiger partial charge >= 0.3 is 0 Å². The fourth-order valence-electron chi connectivity index (χ4n) is 11.7. The van der Waals surface area contributed by atoms with Crippen LogP contribution in [0, 0.1) is 35.0 Å². The number of phenolic OH excluding ortho intramolecular Hbond substituents is 1. The highest BCUT2D eigenvalue weighted by atomic mass is 16.5. The summed E-state index contributed by atoms with van der Waals surface area (Å²) in [6, 6.07) is 3.88. The van der Waals surface area contributed by atoms with Gasteiger partial charge in [-0.1, -0.05) is 11.2 Å². The van der Waals surface area contributed by atoms with Crippen LogP contribution in [0.1, 0.15) is 75.3 Å². The molecule has 6 bridgehead atoms.